The van der Waals surface area contributed by atoms with Gasteiger partial charge in [0, 0.05) is 35.2 Å². The van der Waals surface area contributed by atoms with E-state index >= 15 is 0 Å². The minimum Gasteiger partial charge on any atom is -0.307 e. The molecule has 31 heavy (non-hydrogen) atoms. The summed E-state index contributed by atoms with van der Waals surface area (Å²) in [5.74, 6) is 0. The minimum absolute atomic E-state index is 1.13. The molecule has 0 N–H and O–H groups in total. The van der Waals surface area contributed by atoms with Gasteiger partial charge in [-0.2, -0.15) is 0 Å². The maximum Gasteiger partial charge on any atom is 0.0711 e. The molecule has 0 bridgehead atoms. The summed E-state index contributed by atoms with van der Waals surface area (Å²) in [6, 6.07) is 28.8. The number of hydrogen-bond donors (Lipinski definition) is 0. The van der Waals surface area contributed by atoms with Crippen LogP contribution in [0.3, 0.4) is 0 Å². The van der Waals surface area contributed by atoms with Gasteiger partial charge in [0.25, 0.3) is 0 Å². The molecule has 4 heterocycles. The summed E-state index contributed by atoms with van der Waals surface area (Å²) in [4.78, 5) is 1.32. The first-order valence-electron chi connectivity index (χ1n) is 9.95. The predicted octanol–water partition coefficient (Wildman–Crippen LogP) is 9.70. The quantitative estimate of drug-likeness (QED) is 0.216. The molecule has 7 aromatic rings. The van der Waals surface area contributed by atoms with E-state index < -0.39 is 0 Å². The summed E-state index contributed by atoms with van der Waals surface area (Å²) in [7, 11) is 0. The molecule has 0 unspecified atom stereocenters. The van der Waals surface area contributed by atoms with E-state index in [1.807, 2.05) is 34.0 Å². The second-order valence-electron chi connectivity index (χ2n) is 7.58. The molecule has 3 aromatic carbocycles. The molecular formula is C26H14BrNS3. The number of thiophene rings is 3. The number of aromatic nitrogens is 1. The van der Waals surface area contributed by atoms with Crippen molar-refractivity contribution in [3.63, 3.8) is 0 Å². The van der Waals surface area contributed by atoms with Gasteiger partial charge in [-0.3, -0.25) is 0 Å². The van der Waals surface area contributed by atoms with Crippen molar-refractivity contribution in [3.05, 3.63) is 88.7 Å². The molecule has 148 valence electrons. The molecule has 0 saturated carbocycles. The Morgan fingerprint density at radius 2 is 1.48 bits per heavy atom. The van der Waals surface area contributed by atoms with E-state index in [0.717, 1.165) is 4.47 Å². The van der Waals surface area contributed by atoms with Crippen LogP contribution in [0.5, 0.6) is 0 Å². The smallest absolute Gasteiger partial charge is 0.0711 e. The average molecular weight is 517 g/mol. The molecule has 1 nitrogen and oxygen atoms in total. The summed E-state index contributed by atoms with van der Waals surface area (Å²) in [6.45, 7) is 0. The molecule has 0 radical (unpaired) electrons. The third-order valence-electron chi connectivity index (χ3n) is 5.78. The molecule has 0 fully saturated rings. The van der Waals surface area contributed by atoms with Gasteiger partial charge in [0.15, 0.2) is 0 Å². The van der Waals surface area contributed by atoms with Gasteiger partial charge in [0.2, 0.25) is 0 Å². The molecule has 0 spiro atoms. The summed E-state index contributed by atoms with van der Waals surface area (Å²) in [5, 5.41) is 4.86. The van der Waals surface area contributed by atoms with Crippen molar-refractivity contribution in [1.82, 2.24) is 4.57 Å². The lowest BCUT2D eigenvalue weighted by Crippen LogP contribution is -1.91. The van der Waals surface area contributed by atoms with Crippen LogP contribution in [-0.4, -0.2) is 4.57 Å². The number of benzene rings is 3. The number of rotatable bonds is 2. The van der Waals surface area contributed by atoms with E-state index in [1.54, 1.807) is 0 Å². The normalized spacial score (nSPS) is 12.0. The van der Waals surface area contributed by atoms with Gasteiger partial charge in [-0.1, -0.05) is 40.2 Å². The highest BCUT2D eigenvalue weighted by Gasteiger charge is 2.17. The van der Waals surface area contributed by atoms with Crippen molar-refractivity contribution in [2.75, 3.05) is 0 Å². The number of halogens is 1. The number of fused-ring (bicyclic) bond motifs is 6. The standard InChI is InChI=1S/C26H14BrNS3/c27-16-7-9-23-19(13-16)18-12-15(6-8-22(18)30-23)24-14-21-26(31-24)25-20(10-11-29-25)28(21)17-4-2-1-3-5-17/h1-14H. The Labute approximate surface area is 198 Å². The fourth-order valence-electron chi connectivity index (χ4n) is 4.39. The van der Waals surface area contributed by atoms with E-state index in [9.17, 15) is 0 Å². The highest BCUT2D eigenvalue weighted by molar-refractivity contribution is 9.10. The fourth-order valence-corrected chi connectivity index (χ4v) is 8.00. The third kappa shape index (κ3) is 2.71. The number of hydrogen-bond acceptors (Lipinski definition) is 3. The Balaban J connectivity index is 1.48. The van der Waals surface area contributed by atoms with Crippen LogP contribution < -0.4 is 0 Å². The molecule has 0 amide bonds. The lowest BCUT2D eigenvalue weighted by atomic mass is 10.1. The van der Waals surface area contributed by atoms with Crippen LogP contribution in [0.15, 0.2) is 88.7 Å². The third-order valence-corrected chi connectivity index (χ3v) is 9.66. The molecule has 0 atom stereocenters. The Kier molecular flexibility index (Phi) is 3.97. The monoisotopic (exact) mass is 515 g/mol. The molecule has 0 aliphatic rings. The Hall–Kier alpha value is -2.44. The van der Waals surface area contributed by atoms with E-state index in [2.05, 4.69) is 105 Å². The molecule has 0 saturated heterocycles. The van der Waals surface area contributed by atoms with Gasteiger partial charge in [-0.05, 0) is 65.5 Å². The molecule has 0 aliphatic carbocycles. The van der Waals surface area contributed by atoms with E-state index in [-0.39, 0.29) is 0 Å². The van der Waals surface area contributed by atoms with Crippen LogP contribution in [0.2, 0.25) is 0 Å². The highest BCUT2D eigenvalue weighted by atomic mass is 79.9. The van der Waals surface area contributed by atoms with E-state index in [0.29, 0.717) is 0 Å². The Morgan fingerprint density at radius 1 is 0.677 bits per heavy atom. The zero-order chi connectivity index (χ0) is 20.5. The molecule has 0 aliphatic heterocycles. The first-order valence-corrected chi connectivity index (χ1v) is 13.3. The second-order valence-corrected chi connectivity index (χ2v) is 11.6. The summed E-state index contributed by atoms with van der Waals surface area (Å²) >= 11 is 9.24. The van der Waals surface area contributed by atoms with E-state index in [4.69, 9.17) is 0 Å². The van der Waals surface area contributed by atoms with Gasteiger partial charge in [0.05, 0.1) is 20.4 Å². The van der Waals surface area contributed by atoms with Crippen molar-refractivity contribution in [3.8, 4) is 16.1 Å². The predicted molar refractivity (Wildman–Crippen MR) is 143 cm³/mol. The van der Waals surface area contributed by atoms with Gasteiger partial charge in [-0.15, -0.1) is 34.0 Å². The van der Waals surface area contributed by atoms with Crippen LogP contribution in [-0.2, 0) is 0 Å². The van der Waals surface area contributed by atoms with Crippen molar-refractivity contribution < 1.29 is 0 Å². The number of para-hydroxylation sites is 1. The lowest BCUT2D eigenvalue weighted by Gasteiger charge is -2.05. The largest absolute Gasteiger partial charge is 0.307 e. The molecular weight excluding hydrogens is 502 g/mol. The van der Waals surface area contributed by atoms with Crippen molar-refractivity contribution in [2.24, 2.45) is 0 Å². The van der Waals surface area contributed by atoms with Crippen molar-refractivity contribution >= 4 is 90.5 Å². The summed E-state index contributed by atoms with van der Waals surface area (Å²) < 4.78 is 8.96. The van der Waals surface area contributed by atoms with Crippen LogP contribution in [0.4, 0.5) is 0 Å². The second kappa shape index (κ2) is 6.78. The SMILES string of the molecule is Brc1ccc2sc3ccc(-c4cc5c(s4)c4sccc4n5-c4ccccc4)cc3c2c1. The Morgan fingerprint density at radius 3 is 2.35 bits per heavy atom. The van der Waals surface area contributed by atoms with Crippen molar-refractivity contribution in [1.29, 1.82) is 0 Å². The maximum absolute atomic E-state index is 3.64. The zero-order valence-corrected chi connectivity index (χ0v) is 20.2. The first-order chi connectivity index (χ1) is 15.3. The van der Waals surface area contributed by atoms with E-state index in [1.165, 1.54) is 56.7 Å². The zero-order valence-electron chi connectivity index (χ0n) is 16.1. The topological polar surface area (TPSA) is 4.93 Å². The summed E-state index contributed by atoms with van der Waals surface area (Å²) in [6.07, 6.45) is 0. The minimum atomic E-state index is 1.13. The van der Waals surface area contributed by atoms with Gasteiger partial charge in [0.1, 0.15) is 0 Å². The fraction of sp³-hybridized carbons (Fsp3) is 0. The first kappa shape index (κ1) is 18.2. The molecule has 7 rings (SSSR count). The Bertz CT molecular complexity index is 1750. The lowest BCUT2D eigenvalue weighted by molar-refractivity contribution is 1.19. The van der Waals surface area contributed by atoms with Crippen LogP contribution in [0.1, 0.15) is 0 Å². The average Bonchev–Trinajstić information content (AvgIpc) is 3.54. The van der Waals surface area contributed by atoms with Crippen LogP contribution in [0.25, 0.3) is 56.7 Å². The van der Waals surface area contributed by atoms with Gasteiger partial charge in [-0.25, -0.2) is 0 Å². The number of nitrogens with zero attached hydrogens (tertiary/aromatic N) is 1. The summed E-state index contributed by atoms with van der Waals surface area (Å²) in [5.41, 5.74) is 5.10. The van der Waals surface area contributed by atoms with Crippen LogP contribution in [0, 0.1) is 0 Å². The van der Waals surface area contributed by atoms with Crippen molar-refractivity contribution in [2.45, 2.75) is 0 Å². The van der Waals surface area contributed by atoms with Gasteiger partial charge >= 0.3 is 0 Å². The maximum atomic E-state index is 3.64. The van der Waals surface area contributed by atoms with Gasteiger partial charge < -0.3 is 4.57 Å². The van der Waals surface area contributed by atoms with Crippen LogP contribution >= 0.6 is 49.9 Å². The molecule has 4 aromatic heterocycles. The molecule has 5 heteroatoms. The highest BCUT2D eigenvalue weighted by Crippen LogP contribution is 2.44.